The minimum atomic E-state index is -0.0914. The summed E-state index contributed by atoms with van der Waals surface area (Å²) in [6.07, 6.45) is 2.14. The third-order valence-electron chi connectivity index (χ3n) is 4.72. The predicted octanol–water partition coefficient (Wildman–Crippen LogP) is 2.19. The summed E-state index contributed by atoms with van der Waals surface area (Å²) >= 11 is 1.70. The van der Waals surface area contributed by atoms with Crippen molar-refractivity contribution in [3.8, 4) is 0 Å². The van der Waals surface area contributed by atoms with Gasteiger partial charge in [-0.2, -0.15) is 0 Å². The molecule has 1 aliphatic rings. The highest BCUT2D eigenvalue weighted by atomic mass is 32.2. The minimum Gasteiger partial charge on any atom is -0.348 e. The largest absolute Gasteiger partial charge is 0.348 e. The van der Waals surface area contributed by atoms with E-state index in [0.29, 0.717) is 12.6 Å². The fourth-order valence-corrected chi connectivity index (χ4v) is 3.76. The lowest BCUT2D eigenvalue weighted by molar-refractivity contribution is -0.862. The van der Waals surface area contributed by atoms with Gasteiger partial charge in [-0.15, -0.1) is 0 Å². The quantitative estimate of drug-likeness (QED) is 0.639. The minimum absolute atomic E-state index is 0.0144. The number of amides is 2. The van der Waals surface area contributed by atoms with Crippen LogP contribution in [0, 0.1) is 13.8 Å². The lowest BCUT2D eigenvalue weighted by Crippen LogP contribution is -3.11. The standard InChI is InChI=1S/C22H27N3O2S/c1-15-4-9-20(12-16(15)2)28-19-10-7-18(8-11-19)24-22(27)14-25(3)13-21(26)23-17-5-6-17/h4,7-12,17H,5-6,13-14H2,1-3H3,(H,23,26)(H,24,27)/p+1. The van der Waals surface area contributed by atoms with Crippen molar-refractivity contribution in [2.75, 3.05) is 25.5 Å². The molecule has 2 aromatic carbocycles. The third-order valence-corrected chi connectivity index (χ3v) is 5.72. The van der Waals surface area contributed by atoms with Crippen LogP contribution in [0.5, 0.6) is 0 Å². The van der Waals surface area contributed by atoms with Crippen LogP contribution in [0.1, 0.15) is 24.0 Å². The van der Waals surface area contributed by atoms with Crippen LogP contribution in [-0.2, 0) is 9.59 Å². The first-order valence-electron chi connectivity index (χ1n) is 9.65. The van der Waals surface area contributed by atoms with E-state index in [1.165, 1.54) is 16.0 Å². The molecule has 0 heterocycles. The summed E-state index contributed by atoms with van der Waals surface area (Å²) in [5.74, 6) is -0.0770. The van der Waals surface area contributed by atoms with Crippen LogP contribution >= 0.6 is 11.8 Å². The number of rotatable bonds is 8. The van der Waals surface area contributed by atoms with Gasteiger partial charge in [0.15, 0.2) is 13.1 Å². The topological polar surface area (TPSA) is 62.6 Å². The maximum Gasteiger partial charge on any atom is 0.279 e. The Hall–Kier alpha value is -2.31. The number of carbonyl (C=O) groups is 2. The first-order valence-corrected chi connectivity index (χ1v) is 10.5. The summed E-state index contributed by atoms with van der Waals surface area (Å²) in [6, 6.07) is 14.6. The van der Waals surface area contributed by atoms with E-state index in [9.17, 15) is 9.59 Å². The first kappa shape index (κ1) is 20.4. The van der Waals surface area contributed by atoms with Gasteiger partial charge in [-0.05, 0) is 74.2 Å². The molecule has 148 valence electrons. The molecular weight excluding hydrogens is 370 g/mol. The van der Waals surface area contributed by atoms with Crippen molar-refractivity contribution in [1.29, 1.82) is 0 Å². The van der Waals surface area contributed by atoms with Crippen LogP contribution in [0.25, 0.3) is 0 Å². The van der Waals surface area contributed by atoms with E-state index in [1.807, 2.05) is 31.3 Å². The summed E-state index contributed by atoms with van der Waals surface area (Å²) in [6.45, 7) is 4.80. The zero-order chi connectivity index (χ0) is 20.1. The summed E-state index contributed by atoms with van der Waals surface area (Å²) < 4.78 is 0. The van der Waals surface area contributed by atoms with E-state index in [0.717, 1.165) is 28.3 Å². The van der Waals surface area contributed by atoms with Crippen molar-refractivity contribution in [2.45, 2.75) is 42.5 Å². The Morgan fingerprint density at radius 2 is 1.61 bits per heavy atom. The molecule has 0 aromatic heterocycles. The van der Waals surface area contributed by atoms with Crippen LogP contribution in [0.2, 0.25) is 0 Å². The van der Waals surface area contributed by atoms with Crippen LogP contribution in [0.3, 0.4) is 0 Å². The molecule has 1 aliphatic carbocycles. The smallest absolute Gasteiger partial charge is 0.279 e. The van der Waals surface area contributed by atoms with E-state index < -0.39 is 0 Å². The molecule has 5 nitrogen and oxygen atoms in total. The zero-order valence-electron chi connectivity index (χ0n) is 16.7. The van der Waals surface area contributed by atoms with Gasteiger partial charge in [0.05, 0.1) is 7.05 Å². The molecule has 2 amide bonds. The second kappa shape index (κ2) is 9.26. The van der Waals surface area contributed by atoms with Gasteiger partial charge in [-0.1, -0.05) is 17.8 Å². The van der Waals surface area contributed by atoms with Crippen LogP contribution in [0.4, 0.5) is 5.69 Å². The van der Waals surface area contributed by atoms with Crippen molar-refractivity contribution in [3.63, 3.8) is 0 Å². The predicted molar refractivity (Wildman–Crippen MR) is 113 cm³/mol. The molecule has 0 spiro atoms. The summed E-state index contributed by atoms with van der Waals surface area (Å²) in [4.78, 5) is 27.2. The van der Waals surface area contributed by atoms with Crippen molar-refractivity contribution in [1.82, 2.24) is 5.32 Å². The Labute approximate surface area is 170 Å². The van der Waals surface area contributed by atoms with Gasteiger partial charge in [0.25, 0.3) is 11.8 Å². The van der Waals surface area contributed by atoms with E-state index in [-0.39, 0.29) is 18.4 Å². The van der Waals surface area contributed by atoms with E-state index >= 15 is 0 Å². The molecule has 1 atom stereocenters. The van der Waals surface area contributed by atoms with Crippen molar-refractivity contribution < 1.29 is 14.5 Å². The summed E-state index contributed by atoms with van der Waals surface area (Å²) in [5.41, 5.74) is 3.34. The van der Waals surface area contributed by atoms with Gasteiger partial charge >= 0.3 is 0 Å². The first-order chi connectivity index (χ1) is 13.4. The zero-order valence-corrected chi connectivity index (χ0v) is 17.5. The normalized spacial score (nSPS) is 14.4. The second-order valence-corrected chi connectivity index (χ2v) is 8.72. The number of aryl methyl sites for hydroxylation is 2. The van der Waals surface area contributed by atoms with Crippen molar-refractivity contribution >= 4 is 29.3 Å². The summed E-state index contributed by atoms with van der Waals surface area (Å²) in [5, 5.41) is 5.85. The number of quaternary nitrogens is 1. The highest BCUT2D eigenvalue weighted by Gasteiger charge is 2.24. The molecule has 3 rings (SSSR count). The SMILES string of the molecule is Cc1ccc(Sc2ccc(NC(=O)C[NH+](C)CC(=O)NC3CC3)cc2)cc1C. The monoisotopic (exact) mass is 398 g/mol. The molecule has 0 bridgehead atoms. The molecule has 1 saturated carbocycles. The fraction of sp³-hybridized carbons (Fsp3) is 0.364. The maximum atomic E-state index is 12.2. The van der Waals surface area contributed by atoms with Gasteiger partial charge in [-0.25, -0.2) is 0 Å². The van der Waals surface area contributed by atoms with Crippen molar-refractivity contribution in [2.24, 2.45) is 0 Å². The van der Waals surface area contributed by atoms with Gasteiger partial charge in [0, 0.05) is 21.5 Å². The van der Waals surface area contributed by atoms with E-state index in [1.54, 1.807) is 11.8 Å². The van der Waals surface area contributed by atoms with E-state index in [4.69, 9.17) is 0 Å². The number of nitrogens with one attached hydrogen (secondary N) is 3. The third kappa shape index (κ3) is 6.39. The molecular formula is C22H28N3O2S+. The van der Waals surface area contributed by atoms with Crippen LogP contribution in [-0.4, -0.2) is 38.0 Å². The van der Waals surface area contributed by atoms with E-state index in [2.05, 4.69) is 42.7 Å². The lowest BCUT2D eigenvalue weighted by atomic mass is 10.1. The van der Waals surface area contributed by atoms with Gasteiger partial charge in [0.2, 0.25) is 0 Å². The summed E-state index contributed by atoms with van der Waals surface area (Å²) in [7, 11) is 1.86. The molecule has 28 heavy (non-hydrogen) atoms. The number of anilines is 1. The molecule has 0 aliphatic heterocycles. The van der Waals surface area contributed by atoms with Crippen LogP contribution in [0.15, 0.2) is 52.3 Å². The Bertz CT molecular complexity index is 847. The average molecular weight is 399 g/mol. The van der Waals surface area contributed by atoms with Gasteiger partial charge < -0.3 is 15.5 Å². The molecule has 3 N–H and O–H groups in total. The highest BCUT2D eigenvalue weighted by Crippen LogP contribution is 2.29. The molecule has 0 radical (unpaired) electrons. The number of hydrogen-bond acceptors (Lipinski definition) is 3. The van der Waals surface area contributed by atoms with Crippen LogP contribution < -0.4 is 15.5 Å². The molecule has 1 fully saturated rings. The van der Waals surface area contributed by atoms with Gasteiger partial charge in [0.1, 0.15) is 0 Å². The molecule has 2 aromatic rings. The molecule has 0 saturated heterocycles. The lowest BCUT2D eigenvalue weighted by Gasteiger charge is -2.13. The number of benzene rings is 2. The second-order valence-electron chi connectivity index (χ2n) is 7.57. The Balaban J connectivity index is 1.46. The average Bonchev–Trinajstić information content (AvgIpc) is 3.43. The molecule has 1 unspecified atom stereocenters. The highest BCUT2D eigenvalue weighted by molar-refractivity contribution is 7.99. The number of hydrogen-bond donors (Lipinski definition) is 3. The molecule has 6 heteroatoms. The maximum absolute atomic E-state index is 12.2. The Morgan fingerprint density at radius 3 is 2.25 bits per heavy atom. The number of likely N-dealkylation sites (N-methyl/N-ethyl adjacent to an activating group) is 1. The number of carbonyl (C=O) groups excluding carboxylic acids is 2. The van der Waals surface area contributed by atoms with Crippen molar-refractivity contribution in [3.05, 3.63) is 53.6 Å². The Morgan fingerprint density at radius 1 is 0.964 bits per heavy atom. The fourth-order valence-electron chi connectivity index (χ4n) is 2.84. The Kier molecular flexibility index (Phi) is 6.75. The van der Waals surface area contributed by atoms with Gasteiger partial charge in [-0.3, -0.25) is 9.59 Å².